The van der Waals surface area contributed by atoms with Gasteiger partial charge in [-0.2, -0.15) is 0 Å². The zero-order chi connectivity index (χ0) is 21.0. The molecule has 2 saturated heterocycles. The third kappa shape index (κ3) is 5.00. The van der Waals surface area contributed by atoms with Crippen LogP contribution in [-0.2, 0) is 14.3 Å². The predicted octanol–water partition coefficient (Wildman–Crippen LogP) is 0.660. The topological polar surface area (TPSA) is 99.8 Å². The fourth-order valence-corrected chi connectivity index (χ4v) is 3.28. The van der Waals surface area contributed by atoms with Crippen LogP contribution in [0.2, 0.25) is 0 Å². The number of hydrogen-bond acceptors (Lipinski definition) is 6. The highest BCUT2D eigenvalue weighted by molar-refractivity contribution is 5.76. The number of alkyl carbamates (subject to hydrolysis) is 1. The van der Waals surface area contributed by atoms with Gasteiger partial charge in [0.2, 0.25) is 5.91 Å². The number of nitrogens with zero attached hydrogens (tertiary/aromatic N) is 1. The largest absolute Gasteiger partial charge is 0.444 e. The summed E-state index contributed by atoms with van der Waals surface area (Å²) >= 11 is 0. The molecular weight excluding hydrogens is 386 g/mol. The summed E-state index contributed by atoms with van der Waals surface area (Å²) in [5.74, 6) is -3.01. The Balaban J connectivity index is 1.57. The maximum absolute atomic E-state index is 14.5. The number of carbonyl (C=O) groups excluding carboxylic acids is 3. The van der Waals surface area contributed by atoms with Crippen molar-refractivity contribution in [3.05, 3.63) is 29.3 Å². The van der Waals surface area contributed by atoms with Gasteiger partial charge in [0.1, 0.15) is 24.0 Å². The van der Waals surface area contributed by atoms with Crippen LogP contribution in [0.4, 0.5) is 19.3 Å². The number of nitrogens with one attached hydrogen (secondary N) is 3. The van der Waals surface area contributed by atoms with Crippen LogP contribution in [0.25, 0.3) is 0 Å². The quantitative estimate of drug-likeness (QED) is 0.545. The molecule has 1 aromatic rings. The van der Waals surface area contributed by atoms with E-state index in [1.807, 2.05) is 0 Å². The first-order valence-electron chi connectivity index (χ1n) is 9.49. The molecule has 0 bridgehead atoms. The Morgan fingerprint density at radius 2 is 1.97 bits per heavy atom. The number of aldehydes is 1. The molecule has 8 nitrogen and oxygen atoms in total. The van der Waals surface area contributed by atoms with Crippen molar-refractivity contribution in [3.63, 3.8) is 0 Å². The Morgan fingerprint density at radius 1 is 1.31 bits per heavy atom. The van der Waals surface area contributed by atoms with E-state index < -0.39 is 23.6 Å². The van der Waals surface area contributed by atoms with Crippen LogP contribution in [0.3, 0.4) is 0 Å². The molecule has 2 aliphatic rings. The summed E-state index contributed by atoms with van der Waals surface area (Å²) in [6.07, 6.45) is -0.149. The molecule has 2 amide bonds. The van der Waals surface area contributed by atoms with E-state index >= 15 is 0 Å². The van der Waals surface area contributed by atoms with Crippen molar-refractivity contribution in [2.24, 2.45) is 0 Å². The summed E-state index contributed by atoms with van der Waals surface area (Å²) in [5, 5.41) is 8.12. The third-order valence-electron chi connectivity index (χ3n) is 5.15. The molecule has 0 saturated carbocycles. The van der Waals surface area contributed by atoms with Crippen LogP contribution in [0.15, 0.2) is 12.1 Å². The second-order valence-corrected chi connectivity index (χ2v) is 7.21. The van der Waals surface area contributed by atoms with Gasteiger partial charge >= 0.3 is 6.09 Å². The number of halogens is 2. The lowest BCUT2D eigenvalue weighted by Crippen LogP contribution is -2.60. The second kappa shape index (κ2) is 9.17. The van der Waals surface area contributed by atoms with E-state index in [1.54, 1.807) is 4.90 Å². The smallest absolute Gasteiger partial charge is 0.407 e. The minimum Gasteiger partial charge on any atom is -0.444 e. The Kier molecular flexibility index (Phi) is 6.63. The Hall–Kier alpha value is -2.75. The summed E-state index contributed by atoms with van der Waals surface area (Å²) in [4.78, 5) is 36.1. The van der Waals surface area contributed by atoms with Crippen LogP contribution in [0.5, 0.6) is 0 Å². The lowest BCUT2D eigenvalue weighted by atomic mass is 9.93. The van der Waals surface area contributed by atoms with E-state index in [0.717, 1.165) is 0 Å². The molecule has 0 aliphatic carbocycles. The number of amides is 2. The molecule has 1 atom stereocenters. The van der Waals surface area contributed by atoms with Gasteiger partial charge in [-0.05, 0) is 18.6 Å². The van der Waals surface area contributed by atoms with E-state index in [1.165, 1.54) is 19.2 Å². The number of carbonyl (C=O) groups is 3. The van der Waals surface area contributed by atoms with Crippen LogP contribution >= 0.6 is 0 Å². The van der Waals surface area contributed by atoms with Gasteiger partial charge in [-0.3, -0.25) is 4.79 Å². The van der Waals surface area contributed by atoms with E-state index in [0.29, 0.717) is 38.2 Å². The number of rotatable bonds is 8. The van der Waals surface area contributed by atoms with E-state index in [2.05, 4.69) is 16.0 Å². The summed E-state index contributed by atoms with van der Waals surface area (Å²) in [6.45, 7) is 2.06. The average molecular weight is 410 g/mol. The van der Waals surface area contributed by atoms with Crippen molar-refractivity contribution in [2.75, 3.05) is 38.1 Å². The molecule has 2 heterocycles. The Morgan fingerprint density at radius 3 is 2.48 bits per heavy atom. The van der Waals surface area contributed by atoms with Crippen molar-refractivity contribution in [1.82, 2.24) is 16.0 Å². The minimum absolute atomic E-state index is 0.00691. The van der Waals surface area contributed by atoms with Gasteiger partial charge in [0.25, 0.3) is 0 Å². The van der Waals surface area contributed by atoms with E-state index in [4.69, 9.17) is 4.74 Å². The zero-order valence-corrected chi connectivity index (χ0v) is 16.0. The molecule has 0 aromatic heterocycles. The van der Waals surface area contributed by atoms with E-state index in [9.17, 15) is 23.2 Å². The van der Waals surface area contributed by atoms with Gasteiger partial charge in [0, 0.05) is 56.8 Å². The normalized spacial score (nSPS) is 17.7. The van der Waals surface area contributed by atoms with Crippen molar-refractivity contribution in [3.8, 4) is 0 Å². The van der Waals surface area contributed by atoms with Crippen LogP contribution in [0.1, 0.15) is 24.3 Å². The molecule has 1 unspecified atom stereocenters. The number of benzene rings is 1. The SMILES string of the molecule is CNC(=O)CCC(C=O)c1c(F)cc(N2CC(NC(=O)OC3CNC3)C2)cc1F. The molecule has 0 spiro atoms. The molecule has 158 valence electrons. The van der Waals surface area contributed by atoms with Crippen LogP contribution in [0, 0.1) is 11.6 Å². The summed E-state index contributed by atoms with van der Waals surface area (Å²) in [6, 6.07) is 2.17. The first-order chi connectivity index (χ1) is 13.9. The van der Waals surface area contributed by atoms with Crippen LogP contribution in [-0.4, -0.2) is 63.7 Å². The molecule has 0 radical (unpaired) electrons. The standard InChI is InChI=1S/C19H24F2N4O4/c1-22-17(27)3-2-11(10-26)18-15(20)4-13(5-16(18)21)25-8-12(9-25)24-19(28)29-14-6-23-7-14/h4-5,10-12,14,23H,2-3,6-9H2,1H3,(H,22,27)(H,24,28). The summed E-state index contributed by atoms with van der Waals surface area (Å²) in [7, 11) is 1.45. The predicted molar refractivity (Wildman–Crippen MR) is 101 cm³/mol. The zero-order valence-electron chi connectivity index (χ0n) is 16.0. The maximum atomic E-state index is 14.5. The molecule has 3 rings (SSSR count). The van der Waals surface area contributed by atoms with Crippen LogP contribution < -0.4 is 20.9 Å². The highest BCUT2D eigenvalue weighted by Gasteiger charge is 2.32. The number of ether oxygens (including phenoxy) is 1. The van der Waals surface area contributed by atoms with Gasteiger partial charge in [0.15, 0.2) is 0 Å². The Labute approximate surface area is 167 Å². The van der Waals surface area contributed by atoms with Gasteiger partial charge in [-0.1, -0.05) is 0 Å². The molecule has 29 heavy (non-hydrogen) atoms. The highest BCUT2D eigenvalue weighted by Crippen LogP contribution is 2.31. The second-order valence-electron chi connectivity index (χ2n) is 7.21. The highest BCUT2D eigenvalue weighted by atomic mass is 19.1. The van der Waals surface area contributed by atoms with Gasteiger partial charge in [0.05, 0.1) is 6.04 Å². The van der Waals surface area contributed by atoms with Gasteiger partial charge in [-0.15, -0.1) is 0 Å². The molecule has 3 N–H and O–H groups in total. The molecule has 10 heteroatoms. The third-order valence-corrected chi connectivity index (χ3v) is 5.15. The van der Waals surface area contributed by atoms with Crippen molar-refractivity contribution in [2.45, 2.75) is 30.9 Å². The fourth-order valence-electron chi connectivity index (χ4n) is 3.28. The average Bonchev–Trinajstić information content (AvgIpc) is 2.62. The van der Waals surface area contributed by atoms with Crippen molar-refractivity contribution >= 4 is 24.0 Å². The lowest BCUT2D eigenvalue weighted by molar-refractivity contribution is -0.120. The van der Waals surface area contributed by atoms with Gasteiger partial charge < -0.3 is 30.4 Å². The van der Waals surface area contributed by atoms with E-state index in [-0.39, 0.29) is 36.5 Å². The maximum Gasteiger partial charge on any atom is 0.407 e. The minimum atomic E-state index is -1.04. The van der Waals surface area contributed by atoms with Crippen molar-refractivity contribution < 1.29 is 27.9 Å². The molecule has 1 aromatic carbocycles. The summed E-state index contributed by atoms with van der Waals surface area (Å²) < 4.78 is 34.3. The first-order valence-corrected chi connectivity index (χ1v) is 9.49. The monoisotopic (exact) mass is 410 g/mol. The first kappa shape index (κ1) is 21.0. The lowest BCUT2D eigenvalue weighted by Gasteiger charge is -2.41. The number of anilines is 1. The van der Waals surface area contributed by atoms with Crippen molar-refractivity contribution in [1.29, 1.82) is 0 Å². The summed E-state index contributed by atoms with van der Waals surface area (Å²) in [5.41, 5.74) is -0.00477. The molecular formula is C19H24F2N4O4. The number of hydrogen-bond donors (Lipinski definition) is 3. The fraction of sp³-hybridized carbons (Fsp3) is 0.526. The molecule has 2 fully saturated rings. The Bertz CT molecular complexity index is 758. The van der Waals surface area contributed by atoms with Gasteiger partial charge in [-0.25, -0.2) is 13.6 Å². The molecule has 2 aliphatic heterocycles.